The molecule has 6 heteroatoms. The molecule has 2 aliphatic rings. The van der Waals surface area contributed by atoms with Crippen molar-refractivity contribution in [3.63, 3.8) is 0 Å². The monoisotopic (exact) mass is 340 g/mol. The Morgan fingerprint density at radius 3 is 2.92 bits per heavy atom. The van der Waals surface area contributed by atoms with E-state index in [4.69, 9.17) is 4.74 Å². The Bertz CT molecular complexity index is 794. The van der Waals surface area contributed by atoms with Crippen molar-refractivity contribution in [3.05, 3.63) is 30.5 Å². The van der Waals surface area contributed by atoms with Gasteiger partial charge in [0.15, 0.2) is 0 Å². The highest BCUT2D eigenvalue weighted by molar-refractivity contribution is 6.03. The van der Waals surface area contributed by atoms with Crippen molar-refractivity contribution in [2.75, 3.05) is 32.6 Å². The molecule has 132 valence electrons. The highest BCUT2D eigenvalue weighted by Gasteiger charge is 2.40. The number of hydrogen-bond donors (Lipinski definition) is 1. The van der Waals surface area contributed by atoms with Crippen molar-refractivity contribution in [2.45, 2.75) is 31.3 Å². The van der Waals surface area contributed by atoms with Gasteiger partial charge in [0.2, 0.25) is 5.88 Å². The summed E-state index contributed by atoms with van der Waals surface area (Å²) in [7, 11) is 3.78. The lowest BCUT2D eigenvalue weighted by Crippen LogP contribution is -2.50. The van der Waals surface area contributed by atoms with E-state index in [9.17, 15) is 4.79 Å². The summed E-state index contributed by atoms with van der Waals surface area (Å²) >= 11 is 0. The second-order valence-corrected chi connectivity index (χ2v) is 6.89. The minimum absolute atomic E-state index is 0.00826. The summed E-state index contributed by atoms with van der Waals surface area (Å²) in [6, 6.07) is 8.53. The number of methoxy groups -OCH3 is 1. The van der Waals surface area contributed by atoms with Gasteiger partial charge in [0, 0.05) is 35.6 Å². The summed E-state index contributed by atoms with van der Waals surface area (Å²) in [5, 5.41) is 4.96. The first kappa shape index (κ1) is 16.1. The van der Waals surface area contributed by atoms with Crippen LogP contribution in [-0.2, 0) is 0 Å². The van der Waals surface area contributed by atoms with Gasteiger partial charge < -0.3 is 19.9 Å². The van der Waals surface area contributed by atoms with Gasteiger partial charge in [-0.15, -0.1) is 0 Å². The van der Waals surface area contributed by atoms with Crippen molar-refractivity contribution >= 4 is 22.5 Å². The molecule has 2 fully saturated rings. The molecule has 1 aromatic heterocycles. The van der Waals surface area contributed by atoms with Crippen molar-refractivity contribution < 1.29 is 9.53 Å². The van der Waals surface area contributed by atoms with Crippen LogP contribution in [0.4, 0.5) is 10.5 Å². The fourth-order valence-corrected chi connectivity index (χ4v) is 4.31. The first-order valence-electron chi connectivity index (χ1n) is 8.88. The normalized spacial score (nSPS) is 23.5. The molecule has 0 radical (unpaired) electrons. The van der Waals surface area contributed by atoms with Gasteiger partial charge in [-0.05, 0) is 51.1 Å². The Hall–Kier alpha value is -2.34. The van der Waals surface area contributed by atoms with Crippen LogP contribution in [0.1, 0.15) is 19.3 Å². The van der Waals surface area contributed by atoms with E-state index in [2.05, 4.69) is 22.2 Å². The van der Waals surface area contributed by atoms with Crippen LogP contribution in [0.2, 0.25) is 0 Å². The molecular weight excluding hydrogens is 316 g/mol. The summed E-state index contributed by atoms with van der Waals surface area (Å²) in [6.07, 6.45) is 5.01. The number of nitrogens with zero attached hydrogens (tertiary/aromatic N) is 3. The van der Waals surface area contributed by atoms with E-state index in [1.807, 2.05) is 29.2 Å². The molecule has 0 aliphatic carbocycles. The van der Waals surface area contributed by atoms with E-state index >= 15 is 0 Å². The number of nitrogens with one attached hydrogen (secondary N) is 1. The zero-order valence-corrected chi connectivity index (χ0v) is 14.7. The number of aromatic nitrogens is 1. The number of piperidine rings is 1. The summed E-state index contributed by atoms with van der Waals surface area (Å²) in [5.41, 5.74) is 0.802. The molecule has 2 aromatic rings. The van der Waals surface area contributed by atoms with Crippen LogP contribution in [-0.4, -0.2) is 60.1 Å². The Labute approximate surface area is 147 Å². The summed E-state index contributed by atoms with van der Waals surface area (Å²) in [4.78, 5) is 21.6. The second kappa shape index (κ2) is 6.52. The number of pyridine rings is 1. The van der Waals surface area contributed by atoms with Crippen LogP contribution in [0.5, 0.6) is 5.88 Å². The molecule has 2 atom stereocenters. The van der Waals surface area contributed by atoms with E-state index in [-0.39, 0.29) is 6.03 Å². The first-order valence-corrected chi connectivity index (χ1v) is 8.88. The van der Waals surface area contributed by atoms with E-state index in [0.29, 0.717) is 18.0 Å². The molecule has 3 heterocycles. The Morgan fingerprint density at radius 1 is 1.20 bits per heavy atom. The number of rotatable bonds is 2. The molecule has 2 amide bonds. The van der Waals surface area contributed by atoms with Gasteiger partial charge >= 0.3 is 6.03 Å². The zero-order chi connectivity index (χ0) is 17.4. The predicted octanol–water partition coefficient (Wildman–Crippen LogP) is 2.94. The third-order valence-electron chi connectivity index (χ3n) is 5.55. The molecule has 4 rings (SSSR count). The summed E-state index contributed by atoms with van der Waals surface area (Å²) in [6.45, 7) is 1.95. The van der Waals surface area contributed by atoms with Crippen LogP contribution >= 0.6 is 0 Å². The Balaban J connectivity index is 1.58. The highest BCUT2D eigenvalue weighted by Crippen LogP contribution is 2.32. The zero-order valence-electron chi connectivity index (χ0n) is 14.7. The second-order valence-electron chi connectivity index (χ2n) is 6.89. The minimum atomic E-state index is -0.00826. The lowest BCUT2D eigenvalue weighted by atomic mass is 9.98. The number of benzene rings is 1. The molecule has 1 N–H and O–H groups in total. The topological polar surface area (TPSA) is 57.7 Å². The van der Waals surface area contributed by atoms with Crippen LogP contribution in [0, 0.1) is 0 Å². The summed E-state index contributed by atoms with van der Waals surface area (Å²) < 4.78 is 5.33. The summed E-state index contributed by atoms with van der Waals surface area (Å²) in [5.74, 6) is 0.573. The van der Waals surface area contributed by atoms with Crippen molar-refractivity contribution in [1.82, 2.24) is 14.8 Å². The van der Waals surface area contributed by atoms with Crippen LogP contribution in [0.3, 0.4) is 0 Å². The molecule has 1 aromatic carbocycles. The van der Waals surface area contributed by atoms with Gasteiger partial charge in [-0.3, -0.25) is 0 Å². The van der Waals surface area contributed by atoms with Crippen LogP contribution < -0.4 is 10.1 Å². The van der Waals surface area contributed by atoms with E-state index < -0.39 is 0 Å². The number of likely N-dealkylation sites (tertiary alicyclic amines) is 2. The molecule has 0 bridgehead atoms. The maximum Gasteiger partial charge on any atom is 0.322 e. The number of fused-ring (bicyclic) bond motifs is 2. The molecule has 2 aliphatic heterocycles. The molecule has 2 unspecified atom stereocenters. The standard InChI is InChI=1S/C19H24N4O2/c1-22-11-4-7-17-16(22)9-12-23(17)19(24)21-15-6-3-5-14-13(15)8-10-20-18(14)25-2/h3,5-6,8,10,16-17H,4,7,9,11-12H2,1-2H3,(H,21,24). The average molecular weight is 340 g/mol. The van der Waals surface area contributed by atoms with Crippen LogP contribution in [0.15, 0.2) is 30.5 Å². The van der Waals surface area contributed by atoms with Crippen molar-refractivity contribution in [3.8, 4) is 5.88 Å². The third kappa shape index (κ3) is 2.80. The fraction of sp³-hybridized carbons (Fsp3) is 0.474. The lowest BCUT2D eigenvalue weighted by molar-refractivity contribution is 0.129. The van der Waals surface area contributed by atoms with Gasteiger partial charge in [-0.2, -0.15) is 0 Å². The van der Waals surface area contributed by atoms with Crippen molar-refractivity contribution in [2.24, 2.45) is 0 Å². The number of anilines is 1. The Kier molecular flexibility index (Phi) is 4.21. The maximum absolute atomic E-state index is 12.9. The van der Waals surface area contributed by atoms with E-state index in [1.165, 1.54) is 0 Å². The molecule has 25 heavy (non-hydrogen) atoms. The van der Waals surface area contributed by atoms with Gasteiger partial charge in [-0.1, -0.05) is 6.07 Å². The first-order chi connectivity index (χ1) is 12.2. The van der Waals surface area contributed by atoms with Crippen LogP contribution in [0.25, 0.3) is 10.8 Å². The smallest absolute Gasteiger partial charge is 0.322 e. The van der Waals surface area contributed by atoms with Gasteiger partial charge in [0.1, 0.15) is 0 Å². The van der Waals surface area contributed by atoms with Gasteiger partial charge in [0.05, 0.1) is 12.8 Å². The quantitative estimate of drug-likeness (QED) is 0.913. The lowest BCUT2D eigenvalue weighted by Gasteiger charge is -2.37. The number of amides is 2. The number of ether oxygens (including phenoxy) is 1. The van der Waals surface area contributed by atoms with Gasteiger partial charge in [0.25, 0.3) is 0 Å². The number of urea groups is 1. The van der Waals surface area contributed by atoms with Crippen molar-refractivity contribution in [1.29, 1.82) is 0 Å². The molecule has 2 saturated heterocycles. The molecule has 0 saturated carbocycles. The van der Waals surface area contributed by atoms with Gasteiger partial charge in [-0.25, -0.2) is 9.78 Å². The molecule has 6 nitrogen and oxygen atoms in total. The SMILES string of the molecule is COc1nccc2c(NC(=O)N3CCC4C3CCCN4C)cccc12. The van der Waals surface area contributed by atoms with E-state index in [1.54, 1.807) is 13.3 Å². The molecular formula is C19H24N4O2. The third-order valence-corrected chi connectivity index (χ3v) is 5.55. The predicted molar refractivity (Wildman–Crippen MR) is 98.1 cm³/mol. The largest absolute Gasteiger partial charge is 0.481 e. The maximum atomic E-state index is 12.9. The fourth-order valence-electron chi connectivity index (χ4n) is 4.31. The number of carbonyl (C=O) groups is 1. The average Bonchev–Trinajstić information content (AvgIpc) is 3.07. The highest BCUT2D eigenvalue weighted by atomic mass is 16.5. The minimum Gasteiger partial charge on any atom is -0.481 e. The Morgan fingerprint density at radius 2 is 2.08 bits per heavy atom. The number of carbonyl (C=O) groups excluding carboxylic acids is 1. The number of likely N-dealkylation sites (N-methyl/N-ethyl adjacent to an activating group) is 1. The van der Waals surface area contributed by atoms with E-state index in [0.717, 1.165) is 48.8 Å². The molecule has 0 spiro atoms. The number of hydrogen-bond acceptors (Lipinski definition) is 4.